The van der Waals surface area contributed by atoms with Gasteiger partial charge in [-0.05, 0) is 6.72 Å². The minimum Gasteiger partial charge on any atom is -0.374 e. The normalized spacial score (nSPS) is 7.57. The summed E-state index contributed by atoms with van der Waals surface area (Å²) in [6.07, 6.45) is 0.982. The van der Waals surface area contributed by atoms with Gasteiger partial charge < -0.3 is 4.18 Å². The third kappa shape index (κ3) is 3.32. The predicted octanol–water partition coefficient (Wildman–Crippen LogP) is 1.10. The van der Waals surface area contributed by atoms with E-state index in [0.29, 0.717) is 0 Å². The van der Waals surface area contributed by atoms with Gasteiger partial charge in [-0.1, -0.05) is 0 Å². The van der Waals surface area contributed by atoms with Gasteiger partial charge in [0, 0.05) is 6.26 Å². The van der Waals surface area contributed by atoms with Crippen LogP contribution >= 0.6 is 12.0 Å². The molecule has 0 aromatic carbocycles. The lowest BCUT2D eigenvalue weighted by Gasteiger charge is -1.86. The molecule has 0 fully saturated rings. The summed E-state index contributed by atoms with van der Waals surface area (Å²) in [5, 5.41) is 0. The maximum Gasteiger partial charge on any atom is 0.445 e. The van der Waals surface area contributed by atoms with Gasteiger partial charge in [-0.15, -0.1) is 0 Å². The zero-order valence-corrected chi connectivity index (χ0v) is 4.70. The van der Waals surface area contributed by atoms with Crippen molar-refractivity contribution >= 4 is 24.9 Å². The topological polar surface area (TPSA) is 38.7 Å². The number of rotatable bonds is 1. The third-order valence-corrected chi connectivity index (χ3v) is 0.593. The average Bonchev–Trinajstić information content (AvgIpc) is 1.68. The Bertz CT molecular complexity index is 83.0. The molecule has 0 aliphatic carbocycles. The van der Waals surface area contributed by atoms with E-state index in [0.717, 1.165) is 12.0 Å². The first-order valence-electron chi connectivity index (χ1n) is 1.52. The first-order chi connectivity index (χ1) is 3.31. The molecule has 3 nitrogen and oxygen atoms in total. The van der Waals surface area contributed by atoms with Crippen LogP contribution in [0.1, 0.15) is 0 Å². The van der Waals surface area contributed by atoms with E-state index in [1.807, 2.05) is 0 Å². The van der Waals surface area contributed by atoms with Crippen LogP contribution in [0.2, 0.25) is 0 Å². The van der Waals surface area contributed by atoms with E-state index >= 15 is 0 Å². The summed E-state index contributed by atoms with van der Waals surface area (Å²) in [7, 11) is 0. The molecule has 0 aliphatic heterocycles. The van der Waals surface area contributed by atoms with Gasteiger partial charge in [0.2, 0.25) is 0 Å². The zero-order chi connectivity index (χ0) is 5.70. The lowest BCUT2D eigenvalue weighted by Crippen LogP contribution is -1.86. The van der Waals surface area contributed by atoms with Crippen LogP contribution in [0.5, 0.6) is 0 Å². The van der Waals surface area contributed by atoms with E-state index in [2.05, 4.69) is 15.9 Å². The quantitative estimate of drug-likeness (QED) is 0.383. The molecule has 7 heavy (non-hydrogen) atoms. The number of carbonyl (C=O) groups is 1. The average molecular weight is 119 g/mol. The van der Waals surface area contributed by atoms with Crippen LogP contribution in [0.4, 0.5) is 4.79 Å². The standard InChI is InChI=1S/C3H5NO2S/c1-4-3(5)6-7-2/h1H2,2H3. The highest BCUT2D eigenvalue weighted by Gasteiger charge is 1.90. The molecule has 0 aromatic heterocycles. The van der Waals surface area contributed by atoms with Crippen LogP contribution in [-0.4, -0.2) is 19.1 Å². The molecule has 0 bridgehead atoms. The van der Waals surface area contributed by atoms with Crippen LogP contribution in [0.3, 0.4) is 0 Å². The molecule has 1 amide bonds. The second kappa shape index (κ2) is 3.67. The largest absolute Gasteiger partial charge is 0.445 e. The number of amides is 1. The molecule has 0 N–H and O–H groups in total. The second-order valence-electron chi connectivity index (χ2n) is 0.674. The molecular formula is C3H5NO2S. The number of hydrogen-bond acceptors (Lipinski definition) is 3. The zero-order valence-electron chi connectivity index (χ0n) is 3.88. The monoisotopic (exact) mass is 119 g/mol. The highest BCUT2D eigenvalue weighted by Crippen LogP contribution is 1.95. The molecule has 4 heteroatoms. The van der Waals surface area contributed by atoms with Gasteiger partial charge in [-0.3, -0.25) is 0 Å². The second-order valence-corrected chi connectivity index (χ2v) is 1.17. The highest BCUT2D eigenvalue weighted by atomic mass is 32.2. The van der Waals surface area contributed by atoms with Crippen molar-refractivity contribution in [3.8, 4) is 0 Å². The summed E-state index contributed by atoms with van der Waals surface area (Å²) in [5.74, 6) is 0. The number of nitrogens with zero attached hydrogens (tertiary/aromatic N) is 1. The van der Waals surface area contributed by atoms with Crippen molar-refractivity contribution in [1.82, 2.24) is 0 Å². The molecule has 40 valence electrons. The van der Waals surface area contributed by atoms with Gasteiger partial charge in [-0.2, -0.15) is 4.99 Å². The summed E-state index contributed by atoms with van der Waals surface area (Å²) in [6, 6.07) is 0. The highest BCUT2D eigenvalue weighted by molar-refractivity contribution is 7.94. The Morgan fingerprint density at radius 1 is 2.00 bits per heavy atom. The fraction of sp³-hybridized carbons (Fsp3) is 0.333. The van der Waals surface area contributed by atoms with Crippen LogP contribution < -0.4 is 0 Å². The van der Waals surface area contributed by atoms with E-state index in [9.17, 15) is 4.79 Å². The molecule has 0 aromatic rings. The maximum absolute atomic E-state index is 9.94. The lowest BCUT2D eigenvalue weighted by atomic mass is 11.2. The summed E-state index contributed by atoms with van der Waals surface area (Å²) >= 11 is 0.951. The Morgan fingerprint density at radius 3 is 2.71 bits per heavy atom. The third-order valence-electron chi connectivity index (χ3n) is 0.284. The summed E-state index contributed by atoms with van der Waals surface area (Å²) < 4.78 is 4.24. The van der Waals surface area contributed by atoms with Gasteiger partial charge in [0.1, 0.15) is 0 Å². The Balaban J connectivity index is 3.17. The fourth-order valence-electron chi connectivity index (χ4n) is 0.0976. The Labute approximate surface area is 46.0 Å². The van der Waals surface area contributed by atoms with Gasteiger partial charge in [0.15, 0.2) is 0 Å². The number of carbonyl (C=O) groups excluding carboxylic acids is 1. The smallest absolute Gasteiger partial charge is 0.374 e. The van der Waals surface area contributed by atoms with E-state index in [1.165, 1.54) is 0 Å². The van der Waals surface area contributed by atoms with Crippen molar-refractivity contribution < 1.29 is 8.98 Å². The van der Waals surface area contributed by atoms with Crippen molar-refractivity contribution in [2.45, 2.75) is 0 Å². The van der Waals surface area contributed by atoms with Crippen LogP contribution in [0.25, 0.3) is 0 Å². The fourth-order valence-corrected chi connectivity index (χ4v) is 0.293. The minimum absolute atomic E-state index is 0.646. The van der Waals surface area contributed by atoms with E-state index in [-0.39, 0.29) is 0 Å². The van der Waals surface area contributed by atoms with E-state index in [1.54, 1.807) is 6.26 Å². The molecule has 0 saturated heterocycles. The van der Waals surface area contributed by atoms with Crippen molar-refractivity contribution in [3.05, 3.63) is 0 Å². The molecule has 0 rings (SSSR count). The Morgan fingerprint density at radius 2 is 2.57 bits per heavy atom. The Kier molecular flexibility index (Phi) is 3.40. The first-order valence-corrected chi connectivity index (χ1v) is 2.67. The van der Waals surface area contributed by atoms with Crippen molar-refractivity contribution in [2.24, 2.45) is 4.99 Å². The van der Waals surface area contributed by atoms with Crippen LogP contribution in [-0.2, 0) is 4.18 Å². The van der Waals surface area contributed by atoms with Crippen molar-refractivity contribution in [3.63, 3.8) is 0 Å². The summed E-state index contributed by atoms with van der Waals surface area (Å²) in [5.41, 5.74) is 0. The molecular weight excluding hydrogens is 114 g/mol. The minimum atomic E-state index is -0.646. The van der Waals surface area contributed by atoms with E-state index in [4.69, 9.17) is 0 Å². The predicted molar refractivity (Wildman–Crippen MR) is 29.5 cm³/mol. The molecule has 0 aliphatic rings. The number of aliphatic imine (C=N–C) groups is 1. The van der Waals surface area contributed by atoms with Gasteiger partial charge in [0.25, 0.3) is 0 Å². The van der Waals surface area contributed by atoms with Crippen molar-refractivity contribution in [1.29, 1.82) is 0 Å². The van der Waals surface area contributed by atoms with Gasteiger partial charge in [0.05, 0.1) is 12.0 Å². The molecule has 0 spiro atoms. The lowest BCUT2D eigenvalue weighted by molar-refractivity contribution is 0.219. The molecule has 0 atom stereocenters. The summed E-state index contributed by atoms with van der Waals surface area (Å²) in [4.78, 5) is 12.9. The maximum atomic E-state index is 9.94. The summed E-state index contributed by atoms with van der Waals surface area (Å²) in [6.45, 7) is 2.94. The number of hydrogen-bond donors (Lipinski definition) is 0. The van der Waals surface area contributed by atoms with Gasteiger partial charge >= 0.3 is 6.09 Å². The SMILES string of the molecule is C=NC(=O)OSC. The van der Waals surface area contributed by atoms with Crippen LogP contribution in [0.15, 0.2) is 4.99 Å². The van der Waals surface area contributed by atoms with Gasteiger partial charge in [-0.25, -0.2) is 4.79 Å². The molecule has 0 radical (unpaired) electrons. The first kappa shape index (κ1) is 6.49. The van der Waals surface area contributed by atoms with Crippen molar-refractivity contribution in [2.75, 3.05) is 6.26 Å². The van der Waals surface area contributed by atoms with Crippen LogP contribution in [0, 0.1) is 0 Å². The Hall–Kier alpha value is -0.510. The van der Waals surface area contributed by atoms with E-state index < -0.39 is 6.09 Å². The molecule has 0 saturated carbocycles. The molecule has 0 unspecified atom stereocenters. The molecule has 0 heterocycles.